The molecule has 1 aromatic carbocycles. The van der Waals surface area contributed by atoms with E-state index in [-0.39, 0.29) is 6.04 Å². The molecule has 0 amide bonds. The van der Waals surface area contributed by atoms with Crippen molar-refractivity contribution in [1.29, 1.82) is 0 Å². The van der Waals surface area contributed by atoms with Gasteiger partial charge in [0.2, 0.25) is 0 Å². The molecule has 1 saturated carbocycles. The molecule has 1 aliphatic carbocycles. The number of hydrogen-bond donors (Lipinski definition) is 1. The van der Waals surface area contributed by atoms with Crippen molar-refractivity contribution >= 4 is 23.2 Å². The number of benzene rings is 1. The van der Waals surface area contributed by atoms with Gasteiger partial charge in [-0.15, -0.1) is 0 Å². The van der Waals surface area contributed by atoms with Gasteiger partial charge in [-0.3, -0.25) is 4.90 Å². The summed E-state index contributed by atoms with van der Waals surface area (Å²) in [6.45, 7) is 1.69. The molecule has 1 atom stereocenters. The average Bonchev–Trinajstić information content (AvgIpc) is 2.81. The molecule has 0 radical (unpaired) electrons. The maximum absolute atomic E-state index is 6.08. The van der Waals surface area contributed by atoms with Crippen LogP contribution < -0.4 is 5.73 Å². The number of nitrogens with two attached hydrogens (primary N) is 1. The highest BCUT2D eigenvalue weighted by molar-refractivity contribution is 6.34. The molecule has 19 heavy (non-hydrogen) atoms. The lowest BCUT2D eigenvalue weighted by atomic mass is 10.0. The minimum Gasteiger partial charge on any atom is -0.329 e. The predicted octanol–water partition coefficient (Wildman–Crippen LogP) is 4.12. The van der Waals surface area contributed by atoms with Gasteiger partial charge in [0.1, 0.15) is 0 Å². The van der Waals surface area contributed by atoms with Crippen LogP contribution in [0.2, 0.25) is 10.0 Å². The number of hydrogen-bond acceptors (Lipinski definition) is 2. The Bertz CT molecular complexity index is 396. The van der Waals surface area contributed by atoms with Gasteiger partial charge in [-0.2, -0.15) is 0 Å². The maximum Gasteiger partial charge on any atom is 0.0468 e. The van der Waals surface area contributed by atoms with Crippen LogP contribution in [0.5, 0.6) is 0 Å². The Balaban J connectivity index is 2.08. The highest BCUT2D eigenvalue weighted by Gasteiger charge is 2.22. The highest BCUT2D eigenvalue weighted by Crippen LogP contribution is 2.30. The molecule has 0 spiro atoms. The third-order valence-corrected chi connectivity index (χ3v) is 4.48. The monoisotopic (exact) mass is 300 g/mol. The van der Waals surface area contributed by atoms with E-state index in [1.54, 1.807) is 6.07 Å². The first-order valence-electron chi connectivity index (χ1n) is 6.96. The molecule has 0 aromatic heterocycles. The summed E-state index contributed by atoms with van der Waals surface area (Å²) < 4.78 is 0. The van der Waals surface area contributed by atoms with Crippen LogP contribution in [0.25, 0.3) is 0 Å². The summed E-state index contributed by atoms with van der Waals surface area (Å²) in [7, 11) is 2.14. The van der Waals surface area contributed by atoms with Crippen molar-refractivity contribution in [3.8, 4) is 0 Å². The van der Waals surface area contributed by atoms with E-state index < -0.39 is 0 Å². The van der Waals surface area contributed by atoms with Crippen LogP contribution in [-0.2, 0) is 0 Å². The van der Waals surface area contributed by atoms with Gasteiger partial charge < -0.3 is 5.73 Å². The van der Waals surface area contributed by atoms with Gasteiger partial charge in [-0.25, -0.2) is 0 Å². The minimum atomic E-state index is 0.191. The van der Waals surface area contributed by atoms with E-state index in [2.05, 4.69) is 11.9 Å². The first kappa shape index (κ1) is 15.1. The quantitative estimate of drug-likeness (QED) is 0.886. The largest absolute Gasteiger partial charge is 0.329 e. The van der Waals surface area contributed by atoms with Crippen molar-refractivity contribution in [2.45, 2.75) is 31.7 Å². The van der Waals surface area contributed by atoms with Crippen LogP contribution in [0.4, 0.5) is 0 Å². The minimum absolute atomic E-state index is 0.191. The van der Waals surface area contributed by atoms with Gasteiger partial charge in [0.25, 0.3) is 0 Å². The first-order valence-corrected chi connectivity index (χ1v) is 7.72. The van der Waals surface area contributed by atoms with E-state index in [9.17, 15) is 0 Å². The van der Waals surface area contributed by atoms with E-state index >= 15 is 0 Å². The summed E-state index contributed by atoms with van der Waals surface area (Å²) in [5.41, 5.74) is 7.06. The molecular weight excluding hydrogens is 279 g/mol. The van der Waals surface area contributed by atoms with Crippen LogP contribution in [0, 0.1) is 5.92 Å². The lowest BCUT2D eigenvalue weighted by Gasteiger charge is -2.30. The second-order valence-corrected chi connectivity index (χ2v) is 6.42. The molecule has 1 fully saturated rings. The molecule has 106 valence electrons. The molecule has 1 aliphatic rings. The normalized spacial score (nSPS) is 18.2. The third-order valence-electron chi connectivity index (χ3n) is 4.05. The summed E-state index contributed by atoms with van der Waals surface area (Å²) in [6, 6.07) is 5.89. The van der Waals surface area contributed by atoms with E-state index in [4.69, 9.17) is 28.9 Å². The smallest absolute Gasteiger partial charge is 0.0468 e. The van der Waals surface area contributed by atoms with E-state index in [1.807, 2.05) is 12.1 Å². The Kier molecular flexibility index (Phi) is 5.52. The Morgan fingerprint density at radius 1 is 1.21 bits per heavy atom. The Hall–Kier alpha value is -0.280. The van der Waals surface area contributed by atoms with Crippen LogP contribution in [-0.4, -0.2) is 25.0 Å². The fourth-order valence-electron chi connectivity index (χ4n) is 3.07. The maximum atomic E-state index is 6.08. The molecule has 0 bridgehead atoms. The SMILES string of the molecule is CN(CC1CCCC1)C(CN)c1cc(Cl)cc(Cl)c1. The van der Waals surface area contributed by atoms with Crippen molar-refractivity contribution in [2.75, 3.05) is 20.1 Å². The van der Waals surface area contributed by atoms with Crippen LogP contribution in [0.15, 0.2) is 18.2 Å². The van der Waals surface area contributed by atoms with Crippen molar-refractivity contribution in [1.82, 2.24) is 4.90 Å². The fraction of sp³-hybridized carbons (Fsp3) is 0.600. The van der Waals surface area contributed by atoms with Crippen molar-refractivity contribution in [2.24, 2.45) is 11.7 Å². The first-order chi connectivity index (χ1) is 9.10. The number of halogens is 2. The van der Waals surface area contributed by atoms with Crippen molar-refractivity contribution < 1.29 is 0 Å². The molecule has 2 N–H and O–H groups in total. The number of rotatable bonds is 5. The topological polar surface area (TPSA) is 29.3 Å². The summed E-state index contributed by atoms with van der Waals surface area (Å²) in [5, 5.41) is 1.35. The summed E-state index contributed by atoms with van der Waals surface area (Å²) >= 11 is 12.2. The highest BCUT2D eigenvalue weighted by atomic mass is 35.5. The Morgan fingerprint density at radius 2 is 1.79 bits per heavy atom. The van der Waals surface area contributed by atoms with E-state index in [0.717, 1.165) is 18.0 Å². The number of likely N-dealkylation sites (N-methyl/N-ethyl adjacent to an activating group) is 1. The number of nitrogens with zero attached hydrogens (tertiary/aromatic N) is 1. The molecule has 4 heteroatoms. The summed E-state index contributed by atoms with van der Waals surface area (Å²) in [5.74, 6) is 0.814. The van der Waals surface area contributed by atoms with Crippen molar-refractivity contribution in [3.05, 3.63) is 33.8 Å². The molecule has 0 aliphatic heterocycles. The molecule has 0 saturated heterocycles. The van der Waals surface area contributed by atoms with Gasteiger partial charge in [-0.05, 0) is 49.6 Å². The summed E-state index contributed by atoms with van der Waals surface area (Å²) in [6.07, 6.45) is 5.43. The summed E-state index contributed by atoms with van der Waals surface area (Å²) in [4.78, 5) is 2.35. The zero-order chi connectivity index (χ0) is 13.8. The van der Waals surface area contributed by atoms with Crippen LogP contribution in [0.1, 0.15) is 37.3 Å². The molecular formula is C15H22Cl2N2. The van der Waals surface area contributed by atoms with Gasteiger partial charge >= 0.3 is 0 Å². The molecule has 2 nitrogen and oxygen atoms in total. The second-order valence-electron chi connectivity index (χ2n) is 5.54. The zero-order valence-corrected chi connectivity index (χ0v) is 12.9. The second kappa shape index (κ2) is 6.94. The van der Waals surface area contributed by atoms with E-state index in [0.29, 0.717) is 16.6 Å². The zero-order valence-electron chi connectivity index (χ0n) is 11.4. The molecule has 0 heterocycles. The molecule has 1 aromatic rings. The van der Waals surface area contributed by atoms with E-state index in [1.165, 1.54) is 25.7 Å². The van der Waals surface area contributed by atoms with Gasteiger partial charge in [0.15, 0.2) is 0 Å². The van der Waals surface area contributed by atoms with Gasteiger partial charge in [0.05, 0.1) is 0 Å². The standard InChI is InChI=1S/C15H22Cl2N2/c1-19(10-11-4-2-3-5-11)15(9-18)12-6-13(16)8-14(17)7-12/h6-8,11,15H,2-5,9-10,18H2,1H3. The van der Waals surface area contributed by atoms with Gasteiger partial charge in [0, 0.05) is 29.2 Å². The van der Waals surface area contributed by atoms with Gasteiger partial charge in [-0.1, -0.05) is 36.0 Å². The predicted molar refractivity (Wildman–Crippen MR) is 82.8 cm³/mol. The lowest BCUT2D eigenvalue weighted by molar-refractivity contribution is 0.212. The van der Waals surface area contributed by atoms with Crippen molar-refractivity contribution in [3.63, 3.8) is 0 Å². The lowest BCUT2D eigenvalue weighted by Crippen LogP contribution is -2.33. The Morgan fingerprint density at radius 3 is 2.32 bits per heavy atom. The average molecular weight is 301 g/mol. The molecule has 1 unspecified atom stereocenters. The third kappa shape index (κ3) is 4.09. The van der Waals surface area contributed by atoms with Crippen LogP contribution in [0.3, 0.4) is 0 Å². The molecule has 2 rings (SSSR count). The van der Waals surface area contributed by atoms with Crippen LogP contribution >= 0.6 is 23.2 Å². The fourth-order valence-corrected chi connectivity index (χ4v) is 3.61. The Labute approximate surface area is 125 Å².